The van der Waals surface area contributed by atoms with Gasteiger partial charge in [0, 0.05) is 6.20 Å². The van der Waals surface area contributed by atoms with E-state index in [1.54, 1.807) is 0 Å². The van der Waals surface area contributed by atoms with Crippen molar-refractivity contribution in [1.82, 2.24) is 15.0 Å². The molecule has 2 N–H and O–H groups in total. The molecule has 5 nitrogen and oxygen atoms in total. The monoisotopic (exact) mass is 197 g/mol. The van der Waals surface area contributed by atoms with E-state index in [1.165, 1.54) is 12.3 Å². The third-order valence-electron chi connectivity index (χ3n) is 1.59. The summed E-state index contributed by atoms with van der Waals surface area (Å²) in [6, 6.07) is 1.39. The first-order chi connectivity index (χ1) is 6.18. The maximum absolute atomic E-state index is 10.7. The molecule has 66 valence electrons. The van der Waals surface area contributed by atoms with Crippen LogP contribution in [0.1, 0.15) is 10.4 Å². The Bertz CT molecular complexity index is 480. The number of aromatic amines is 1. The minimum Gasteiger partial charge on any atom is -0.478 e. The molecule has 6 heteroatoms. The van der Waals surface area contributed by atoms with Gasteiger partial charge in [-0.05, 0) is 17.7 Å². The number of fused-ring (bicyclic) bond motifs is 1. The summed E-state index contributed by atoms with van der Waals surface area (Å²) >= 11 is 5.56. The van der Waals surface area contributed by atoms with Gasteiger partial charge in [0.25, 0.3) is 0 Å². The number of rotatable bonds is 1. The Morgan fingerprint density at radius 3 is 3.08 bits per heavy atom. The van der Waals surface area contributed by atoms with Crippen LogP contribution in [0.2, 0.25) is 5.28 Å². The molecule has 0 atom stereocenters. The Kier molecular flexibility index (Phi) is 1.66. The Labute approximate surface area is 77.4 Å². The molecule has 13 heavy (non-hydrogen) atoms. The minimum atomic E-state index is -1.03. The molecule has 2 rings (SSSR count). The van der Waals surface area contributed by atoms with Crippen LogP contribution in [0.15, 0.2) is 12.3 Å². The molecule has 0 saturated carbocycles. The predicted octanol–water partition coefficient (Wildman–Crippen LogP) is 1.31. The summed E-state index contributed by atoms with van der Waals surface area (Å²) in [5.74, 6) is -1.03. The Balaban J connectivity index is 2.82. The van der Waals surface area contributed by atoms with Crippen LogP contribution in [-0.2, 0) is 0 Å². The van der Waals surface area contributed by atoms with Gasteiger partial charge < -0.3 is 10.1 Å². The first-order valence-electron chi connectivity index (χ1n) is 3.42. The SMILES string of the molecule is O=C(O)c1ccnc2nc(Cl)[nH]c12. The number of aromatic carboxylic acids is 1. The average Bonchev–Trinajstić information content (AvgIpc) is 2.43. The molecule has 0 bridgehead atoms. The second-order valence-corrected chi connectivity index (χ2v) is 2.75. The van der Waals surface area contributed by atoms with E-state index >= 15 is 0 Å². The van der Waals surface area contributed by atoms with Crippen molar-refractivity contribution < 1.29 is 9.90 Å². The molecule has 0 fully saturated rings. The lowest BCUT2D eigenvalue weighted by Crippen LogP contribution is -1.97. The van der Waals surface area contributed by atoms with Crippen molar-refractivity contribution in [3.05, 3.63) is 23.1 Å². The lowest BCUT2D eigenvalue weighted by Gasteiger charge is -1.93. The molecular weight excluding hydrogens is 194 g/mol. The van der Waals surface area contributed by atoms with Gasteiger partial charge in [-0.3, -0.25) is 0 Å². The van der Waals surface area contributed by atoms with Crippen molar-refractivity contribution in [3.8, 4) is 0 Å². The van der Waals surface area contributed by atoms with E-state index in [2.05, 4.69) is 15.0 Å². The number of pyridine rings is 1. The quantitative estimate of drug-likeness (QED) is 0.723. The van der Waals surface area contributed by atoms with Gasteiger partial charge in [0.15, 0.2) is 5.65 Å². The fourth-order valence-corrected chi connectivity index (χ4v) is 1.24. The number of halogens is 1. The van der Waals surface area contributed by atoms with Crippen LogP contribution in [0.3, 0.4) is 0 Å². The van der Waals surface area contributed by atoms with E-state index in [9.17, 15) is 4.79 Å². The van der Waals surface area contributed by atoms with E-state index in [4.69, 9.17) is 16.7 Å². The van der Waals surface area contributed by atoms with Crippen LogP contribution in [-0.4, -0.2) is 26.0 Å². The van der Waals surface area contributed by atoms with Crippen LogP contribution >= 0.6 is 11.6 Å². The van der Waals surface area contributed by atoms with Gasteiger partial charge >= 0.3 is 5.97 Å². The lowest BCUT2D eigenvalue weighted by atomic mass is 10.2. The Hall–Kier alpha value is -1.62. The molecule has 0 radical (unpaired) electrons. The third kappa shape index (κ3) is 1.23. The summed E-state index contributed by atoms with van der Waals surface area (Å²) < 4.78 is 0. The highest BCUT2D eigenvalue weighted by atomic mass is 35.5. The summed E-state index contributed by atoms with van der Waals surface area (Å²) in [4.78, 5) is 21.0. The van der Waals surface area contributed by atoms with Crippen LogP contribution in [0.25, 0.3) is 11.2 Å². The van der Waals surface area contributed by atoms with E-state index in [0.717, 1.165) is 0 Å². The van der Waals surface area contributed by atoms with Gasteiger partial charge in [-0.1, -0.05) is 0 Å². The van der Waals surface area contributed by atoms with Crippen molar-refractivity contribution in [2.75, 3.05) is 0 Å². The number of nitrogens with one attached hydrogen (secondary N) is 1. The summed E-state index contributed by atoms with van der Waals surface area (Å²) in [7, 11) is 0. The van der Waals surface area contributed by atoms with Crippen LogP contribution in [0.5, 0.6) is 0 Å². The highest BCUT2D eigenvalue weighted by molar-refractivity contribution is 6.29. The fourth-order valence-electron chi connectivity index (χ4n) is 1.06. The zero-order valence-electron chi connectivity index (χ0n) is 6.28. The number of nitrogens with zero attached hydrogens (tertiary/aromatic N) is 2. The van der Waals surface area contributed by atoms with E-state index in [0.29, 0.717) is 11.2 Å². The summed E-state index contributed by atoms with van der Waals surface area (Å²) in [6.07, 6.45) is 1.38. The first-order valence-corrected chi connectivity index (χ1v) is 3.80. The molecule has 2 heterocycles. The third-order valence-corrected chi connectivity index (χ3v) is 1.77. The molecule has 0 unspecified atom stereocenters. The molecule has 2 aromatic rings. The summed E-state index contributed by atoms with van der Waals surface area (Å²) in [6.45, 7) is 0. The van der Waals surface area contributed by atoms with Gasteiger partial charge in [-0.2, -0.15) is 4.98 Å². The average molecular weight is 198 g/mol. The van der Waals surface area contributed by atoms with Crippen molar-refractivity contribution in [3.63, 3.8) is 0 Å². The van der Waals surface area contributed by atoms with E-state index in [1.807, 2.05) is 0 Å². The number of aromatic nitrogens is 3. The maximum atomic E-state index is 10.7. The number of imidazole rings is 1. The molecule has 0 spiro atoms. The number of H-pyrrole nitrogens is 1. The number of carboxylic acids is 1. The van der Waals surface area contributed by atoms with Gasteiger partial charge in [0.2, 0.25) is 5.28 Å². The number of carboxylic acid groups (broad SMARTS) is 1. The summed E-state index contributed by atoms with van der Waals surface area (Å²) in [5.41, 5.74) is 0.773. The number of hydrogen-bond donors (Lipinski definition) is 2. The van der Waals surface area contributed by atoms with Crippen LogP contribution in [0, 0.1) is 0 Å². The largest absolute Gasteiger partial charge is 0.478 e. The first kappa shape index (κ1) is 8.00. The van der Waals surface area contributed by atoms with Crippen molar-refractivity contribution in [2.45, 2.75) is 0 Å². The second kappa shape index (κ2) is 2.70. The zero-order chi connectivity index (χ0) is 9.42. The molecule has 0 saturated heterocycles. The van der Waals surface area contributed by atoms with Gasteiger partial charge in [0.1, 0.15) is 5.52 Å². The maximum Gasteiger partial charge on any atom is 0.338 e. The highest BCUT2D eigenvalue weighted by Crippen LogP contribution is 2.16. The standard InChI is InChI=1S/C7H4ClN3O2/c8-7-10-4-3(6(12)13)1-2-9-5(4)11-7/h1-2H,(H,12,13)(H,9,10,11). The Morgan fingerprint density at radius 1 is 1.62 bits per heavy atom. The van der Waals surface area contributed by atoms with Crippen molar-refractivity contribution in [2.24, 2.45) is 0 Å². The van der Waals surface area contributed by atoms with E-state index in [-0.39, 0.29) is 10.8 Å². The molecule has 0 aliphatic heterocycles. The second-order valence-electron chi connectivity index (χ2n) is 2.39. The van der Waals surface area contributed by atoms with E-state index < -0.39 is 5.97 Å². The van der Waals surface area contributed by atoms with Crippen molar-refractivity contribution >= 4 is 28.7 Å². The van der Waals surface area contributed by atoms with Crippen molar-refractivity contribution in [1.29, 1.82) is 0 Å². The molecule has 0 aromatic carbocycles. The molecule has 2 aromatic heterocycles. The normalized spacial score (nSPS) is 10.5. The molecule has 0 aliphatic carbocycles. The van der Waals surface area contributed by atoms with Gasteiger partial charge in [-0.15, -0.1) is 0 Å². The van der Waals surface area contributed by atoms with Gasteiger partial charge in [-0.25, -0.2) is 9.78 Å². The smallest absolute Gasteiger partial charge is 0.338 e. The predicted molar refractivity (Wildman–Crippen MR) is 45.9 cm³/mol. The lowest BCUT2D eigenvalue weighted by molar-refractivity contribution is 0.0699. The molecule has 0 aliphatic rings. The fraction of sp³-hybridized carbons (Fsp3) is 0. The molecule has 0 amide bonds. The topological polar surface area (TPSA) is 78.9 Å². The number of carbonyl (C=O) groups is 1. The number of hydrogen-bond acceptors (Lipinski definition) is 3. The van der Waals surface area contributed by atoms with Gasteiger partial charge in [0.05, 0.1) is 5.56 Å². The highest BCUT2D eigenvalue weighted by Gasteiger charge is 2.11. The Morgan fingerprint density at radius 2 is 2.38 bits per heavy atom. The van der Waals surface area contributed by atoms with Crippen LogP contribution in [0.4, 0.5) is 0 Å². The zero-order valence-corrected chi connectivity index (χ0v) is 7.04. The molecular formula is C7H4ClN3O2. The van der Waals surface area contributed by atoms with Crippen LogP contribution < -0.4 is 0 Å². The summed E-state index contributed by atoms with van der Waals surface area (Å²) in [5, 5.41) is 8.91. The minimum absolute atomic E-state index is 0.115.